The summed E-state index contributed by atoms with van der Waals surface area (Å²) < 4.78 is 46.3. The van der Waals surface area contributed by atoms with Crippen molar-refractivity contribution >= 4 is 5.97 Å². The summed E-state index contributed by atoms with van der Waals surface area (Å²) in [6.45, 7) is -1.53. The van der Waals surface area contributed by atoms with Gasteiger partial charge in [0, 0.05) is 0 Å². The Labute approximate surface area is 107 Å². The number of hydrogen-bond acceptors (Lipinski definition) is 4. The molecule has 0 unspecified atom stereocenters. The van der Waals surface area contributed by atoms with Crippen molar-refractivity contribution < 1.29 is 27.4 Å². The van der Waals surface area contributed by atoms with Gasteiger partial charge < -0.3 is 9.47 Å². The van der Waals surface area contributed by atoms with E-state index in [4.69, 9.17) is 5.26 Å². The van der Waals surface area contributed by atoms with Crippen LogP contribution >= 0.6 is 0 Å². The number of ether oxygens (including phenoxy) is 2. The average molecular weight is 273 g/mol. The second kappa shape index (κ2) is 6.64. The van der Waals surface area contributed by atoms with Crippen molar-refractivity contribution in [2.24, 2.45) is 0 Å². The van der Waals surface area contributed by atoms with Crippen LogP contribution in [0.4, 0.5) is 13.2 Å². The summed E-state index contributed by atoms with van der Waals surface area (Å²) in [5.41, 5.74) is -0.369. The molecule has 0 amide bonds. The summed E-state index contributed by atoms with van der Waals surface area (Å²) in [6.07, 6.45) is -0.323. The lowest BCUT2D eigenvalue weighted by molar-refractivity contribution is -0.142. The van der Waals surface area contributed by atoms with Crippen molar-refractivity contribution in [3.63, 3.8) is 0 Å². The number of halogens is 3. The predicted molar refractivity (Wildman–Crippen MR) is 58.1 cm³/mol. The molecular weight excluding hydrogens is 263 g/mol. The summed E-state index contributed by atoms with van der Waals surface area (Å²) in [6, 6.07) is 3.56. The number of esters is 1. The van der Waals surface area contributed by atoms with Gasteiger partial charge in [0.25, 0.3) is 0 Å². The minimum atomic E-state index is -3.26. The van der Waals surface area contributed by atoms with Gasteiger partial charge in [-0.25, -0.2) is 4.39 Å². The van der Waals surface area contributed by atoms with Crippen molar-refractivity contribution in [3.8, 4) is 11.8 Å². The Morgan fingerprint density at radius 3 is 2.68 bits per heavy atom. The van der Waals surface area contributed by atoms with Crippen LogP contribution in [0.2, 0.25) is 0 Å². The van der Waals surface area contributed by atoms with Crippen LogP contribution in [0.3, 0.4) is 0 Å². The van der Waals surface area contributed by atoms with Crippen molar-refractivity contribution in [1.82, 2.24) is 0 Å². The van der Waals surface area contributed by atoms with Crippen LogP contribution in [0.25, 0.3) is 0 Å². The number of benzene rings is 1. The van der Waals surface area contributed by atoms with Crippen LogP contribution in [-0.2, 0) is 16.0 Å². The molecule has 0 saturated carbocycles. The lowest BCUT2D eigenvalue weighted by Gasteiger charge is -2.11. The summed E-state index contributed by atoms with van der Waals surface area (Å²) in [5.74, 6) is -2.60. The minimum Gasteiger partial charge on any atom is -0.466 e. The molecule has 19 heavy (non-hydrogen) atoms. The Kier molecular flexibility index (Phi) is 5.18. The molecule has 0 N–H and O–H groups in total. The van der Waals surface area contributed by atoms with E-state index in [2.05, 4.69) is 9.47 Å². The maximum absolute atomic E-state index is 13.3. The molecule has 1 rings (SSSR count). The molecule has 1 aromatic rings. The lowest BCUT2D eigenvalue weighted by Crippen LogP contribution is -2.11. The van der Waals surface area contributed by atoms with E-state index in [9.17, 15) is 18.0 Å². The van der Waals surface area contributed by atoms with E-state index in [0.29, 0.717) is 0 Å². The van der Waals surface area contributed by atoms with Gasteiger partial charge in [0.2, 0.25) is 0 Å². The normalized spacial score (nSPS) is 10.1. The molecule has 0 radical (unpaired) electrons. The molecule has 0 atom stereocenters. The van der Waals surface area contributed by atoms with Gasteiger partial charge in [-0.1, -0.05) is 6.07 Å². The molecule has 0 spiro atoms. The fraction of sp³-hybridized carbons (Fsp3) is 0.333. The molecular formula is C12H10F3NO3. The molecule has 102 valence electrons. The SMILES string of the molecule is CCOC(=O)Cc1ccc(F)c(OC(F)F)c1C#N. The van der Waals surface area contributed by atoms with Crippen molar-refractivity contribution in [1.29, 1.82) is 5.26 Å². The highest BCUT2D eigenvalue weighted by Crippen LogP contribution is 2.27. The first-order valence-electron chi connectivity index (χ1n) is 5.31. The fourth-order valence-corrected chi connectivity index (χ4v) is 1.44. The third-order valence-corrected chi connectivity index (χ3v) is 2.15. The maximum Gasteiger partial charge on any atom is 0.387 e. The number of rotatable bonds is 5. The Bertz CT molecular complexity index is 512. The highest BCUT2D eigenvalue weighted by molar-refractivity contribution is 5.74. The number of nitrogens with zero attached hydrogens (tertiary/aromatic N) is 1. The predicted octanol–water partition coefficient (Wildman–Crippen LogP) is 2.40. The highest BCUT2D eigenvalue weighted by atomic mass is 19.3. The molecule has 0 aromatic heterocycles. The minimum absolute atomic E-state index is 0.0676. The number of hydrogen-bond donors (Lipinski definition) is 0. The van der Waals surface area contributed by atoms with Crippen molar-refractivity contribution in [3.05, 3.63) is 29.1 Å². The second-order valence-electron chi connectivity index (χ2n) is 3.38. The summed E-state index contributed by atoms with van der Waals surface area (Å²) in [4.78, 5) is 11.3. The molecule has 0 aliphatic rings. The maximum atomic E-state index is 13.3. The van der Waals surface area contributed by atoms with E-state index >= 15 is 0 Å². The van der Waals surface area contributed by atoms with E-state index < -0.39 is 29.7 Å². The summed E-state index contributed by atoms with van der Waals surface area (Å²) in [7, 11) is 0. The monoisotopic (exact) mass is 273 g/mol. The van der Waals surface area contributed by atoms with Gasteiger partial charge in [0.1, 0.15) is 11.6 Å². The van der Waals surface area contributed by atoms with Crippen LogP contribution in [0.5, 0.6) is 5.75 Å². The largest absolute Gasteiger partial charge is 0.466 e. The van der Waals surface area contributed by atoms with E-state index in [-0.39, 0.29) is 18.6 Å². The van der Waals surface area contributed by atoms with Gasteiger partial charge in [-0.2, -0.15) is 14.0 Å². The van der Waals surface area contributed by atoms with Crippen LogP contribution in [0, 0.1) is 17.1 Å². The summed E-state index contributed by atoms with van der Waals surface area (Å²) in [5, 5.41) is 8.89. The third kappa shape index (κ3) is 3.88. The Morgan fingerprint density at radius 1 is 1.47 bits per heavy atom. The third-order valence-electron chi connectivity index (χ3n) is 2.15. The number of carbonyl (C=O) groups excluding carboxylic acids is 1. The first-order valence-corrected chi connectivity index (χ1v) is 5.31. The standard InChI is InChI=1S/C12H10F3NO3/c1-2-18-10(17)5-7-3-4-9(13)11(8(7)6-16)19-12(14)15/h3-4,12H,2,5H2,1H3. The average Bonchev–Trinajstić information content (AvgIpc) is 2.33. The van der Waals surface area contributed by atoms with Gasteiger partial charge in [0.05, 0.1) is 13.0 Å². The van der Waals surface area contributed by atoms with Crippen LogP contribution in [-0.4, -0.2) is 19.2 Å². The van der Waals surface area contributed by atoms with Gasteiger partial charge in [-0.3, -0.25) is 4.79 Å². The molecule has 7 heteroatoms. The molecule has 0 saturated heterocycles. The first kappa shape index (κ1) is 14.8. The van der Waals surface area contributed by atoms with Crippen LogP contribution < -0.4 is 4.74 Å². The first-order chi connectivity index (χ1) is 8.99. The van der Waals surface area contributed by atoms with Crippen molar-refractivity contribution in [2.75, 3.05) is 6.61 Å². The highest BCUT2D eigenvalue weighted by Gasteiger charge is 2.20. The van der Waals surface area contributed by atoms with Gasteiger partial charge in [-0.05, 0) is 18.6 Å². The smallest absolute Gasteiger partial charge is 0.387 e. The number of alkyl halides is 2. The number of nitriles is 1. The molecule has 0 fully saturated rings. The molecule has 0 bridgehead atoms. The molecule has 0 aliphatic carbocycles. The van der Waals surface area contributed by atoms with Gasteiger partial charge >= 0.3 is 12.6 Å². The van der Waals surface area contributed by atoms with Gasteiger partial charge in [0.15, 0.2) is 11.6 Å². The van der Waals surface area contributed by atoms with E-state index in [1.54, 1.807) is 13.0 Å². The zero-order chi connectivity index (χ0) is 14.4. The second-order valence-corrected chi connectivity index (χ2v) is 3.38. The quantitative estimate of drug-likeness (QED) is 0.773. The zero-order valence-corrected chi connectivity index (χ0v) is 9.95. The van der Waals surface area contributed by atoms with Crippen molar-refractivity contribution in [2.45, 2.75) is 20.0 Å². The lowest BCUT2D eigenvalue weighted by atomic mass is 10.0. The molecule has 0 aliphatic heterocycles. The Morgan fingerprint density at radius 2 is 2.16 bits per heavy atom. The zero-order valence-electron chi connectivity index (χ0n) is 9.95. The Hall–Kier alpha value is -2.23. The van der Waals surface area contributed by atoms with E-state index in [1.165, 1.54) is 0 Å². The van der Waals surface area contributed by atoms with E-state index in [0.717, 1.165) is 12.1 Å². The van der Waals surface area contributed by atoms with Crippen LogP contribution in [0.1, 0.15) is 18.1 Å². The van der Waals surface area contributed by atoms with E-state index in [1.807, 2.05) is 0 Å². The number of carbonyl (C=O) groups is 1. The van der Waals surface area contributed by atoms with Gasteiger partial charge in [-0.15, -0.1) is 0 Å². The Balaban J connectivity index is 3.13. The molecule has 4 nitrogen and oxygen atoms in total. The summed E-state index contributed by atoms with van der Waals surface area (Å²) >= 11 is 0. The van der Waals surface area contributed by atoms with Crippen LogP contribution in [0.15, 0.2) is 12.1 Å². The molecule has 1 aromatic carbocycles. The molecule has 0 heterocycles. The topological polar surface area (TPSA) is 59.3 Å². The fourth-order valence-electron chi connectivity index (χ4n) is 1.44.